The third kappa shape index (κ3) is 3.03. The van der Waals surface area contributed by atoms with Crippen molar-refractivity contribution in [3.05, 3.63) is 29.8 Å². The van der Waals surface area contributed by atoms with Gasteiger partial charge in [-0.05, 0) is 42.9 Å². The molecule has 0 spiro atoms. The first-order chi connectivity index (χ1) is 8.60. The molecule has 100 valence electrons. The molecule has 0 saturated heterocycles. The molecule has 3 nitrogen and oxygen atoms in total. The van der Waals surface area contributed by atoms with Gasteiger partial charge >= 0.3 is 0 Å². The second-order valence-electron chi connectivity index (χ2n) is 5.39. The van der Waals surface area contributed by atoms with Gasteiger partial charge in [0.25, 0.3) is 0 Å². The van der Waals surface area contributed by atoms with E-state index < -0.39 is 0 Å². The van der Waals surface area contributed by atoms with Crippen molar-refractivity contribution >= 4 is 5.69 Å². The summed E-state index contributed by atoms with van der Waals surface area (Å²) in [4.78, 5) is 2.22. The molecule has 1 atom stereocenters. The van der Waals surface area contributed by atoms with Gasteiger partial charge in [0.15, 0.2) is 0 Å². The van der Waals surface area contributed by atoms with Crippen LogP contribution in [0.2, 0.25) is 0 Å². The maximum absolute atomic E-state index is 9.74. The number of aliphatic hydroxyl groups is 2. The van der Waals surface area contributed by atoms with Crippen LogP contribution in [0.1, 0.15) is 37.9 Å². The highest BCUT2D eigenvalue weighted by Crippen LogP contribution is 2.29. The summed E-state index contributed by atoms with van der Waals surface area (Å²) in [5.41, 5.74) is 2.15. The highest BCUT2D eigenvalue weighted by molar-refractivity contribution is 5.47. The van der Waals surface area contributed by atoms with Gasteiger partial charge in [-0.2, -0.15) is 0 Å². The fraction of sp³-hybridized carbons (Fsp3) is 0.600. The maximum Gasteiger partial charge on any atom is 0.0787 e. The van der Waals surface area contributed by atoms with Crippen LogP contribution in [-0.2, 0) is 0 Å². The van der Waals surface area contributed by atoms with Crippen molar-refractivity contribution in [2.24, 2.45) is 5.92 Å². The molecule has 0 heterocycles. The lowest BCUT2D eigenvalue weighted by atomic mass is 9.82. The third-order valence-electron chi connectivity index (χ3n) is 3.85. The average molecular weight is 249 g/mol. The second-order valence-corrected chi connectivity index (χ2v) is 5.39. The van der Waals surface area contributed by atoms with E-state index in [2.05, 4.69) is 24.1 Å². The van der Waals surface area contributed by atoms with Crippen molar-refractivity contribution in [3.63, 3.8) is 0 Å². The number of hydrogen-bond acceptors (Lipinski definition) is 3. The molecule has 0 amide bonds. The van der Waals surface area contributed by atoms with E-state index in [1.54, 1.807) is 0 Å². The summed E-state index contributed by atoms with van der Waals surface area (Å²) in [5, 5.41) is 19.0. The van der Waals surface area contributed by atoms with Gasteiger partial charge < -0.3 is 15.1 Å². The lowest BCUT2D eigenvalue weighted by molar-refractivity contribution is 0.0465. The molecule has 1 aromatic carbocycles. The summed E-state index contributed by atoms with van der Waals surface area (Å²) >= 11 is 0. The fourth-order valence-electron chi connectivity index (χ4n) is 2.53. The van der Waals surface area contributed by atoms with E-state index in [4.69, 9.17) is 0 Å². The zero-order chi connectivity index (χ0) is 13.1. The molecule has 1 aliphatic carbocycles. The SMILES string of the molecule is CC[C@H](O)c1ccc(N(C)CC2CC(O)C2)cc1. The normalized spacial score (nSPS) is 24.4. The zero-order valence-electron chi connectivity index (χ0n) is 11.2. The quantitative estimate of drug-likeness (QED) is 0.842. The minimum absolute atomic E-state index is 0.0783. The Labute approximate surface area is 109 Å². The molecular formula is C15H23NO2. The second kappa shape index (κ2) is 5.72. The molecule has 18 heavy (non-hydrogen) atoms. The predicted octanol–water partition coefficient (Wildman–Crippen LogP) is 2.34. The molecule has 0 bridgehead atoms. The molecule has 1 saturated carbocycles. The highest BCUT2D eigenvalue weighted by Gasteiger charge is 2.27. The van der Waals surface area contributed by atoms with Gasteiger partial charge in [0.2, 0.25) is 0 Å². The zero-order valence-corrected chi connectivity index (χ0v) is 11.2. The van der Waals surface area contributed by atoms with E-state index in [0.717, 1.165) is 31.4 Å². The number of benzene rings is 1. The number of nitrogens with zero attached hydrogens (tertiary/aromatic N) is 1. The Hall–Kier alpha value is -1.06. The van der Waals surface area contributed by atoms with Gasteiger partial charge in [-0.25, -0.2) is 0 Å². The summed E-state index contributed by atoms with van der Waals surface area (Å²) in [6.45, 7) is 2.97. The first-order valence-electron chi connectivity index (χ1n) is 6.77. The van der Waals surface area contributed by atoms with Crippen LogP contribution in [0.3, 0.4) is 0 Å². The van der Waals surface area contributed by atoms with Crippen LogP contribution in [0, 0.1) is 5.92 Å². The van der Waals surface area contributed by atoms with Crippen molar-refractivity contribution in [2.45, 2.75) is 38.4 Å². The number of rotatable bonds is 5. The van der Waals surface area contributed by atoms with E-state index in [1.807, 2.05) is 19.1 Å². The van der Waals surface area contributed by atoms with Crippen molar-refractivity contribution < 1.29 is 10.2 Å². The van der Waals surface area contributed by atoms with Gasteiger partial charge in [-0.15, -0.1) is 0 Å². The minimum atomic E-state index is -0.355. The van der Waals surface area contributed by atoms with Gasteiger partial charge in [-0.3, -0.25) is 0 Å². The lowest BCUT2D eigenvalue weighted by Gasteiger charge is -2.35. The van der Waals surface area contributed by atoms with E-state index >= 15 is 0 Å². The maximum atomic E-state index is 9.74. The van der Waals surface area contributed by atoms with Crippen LogP contribution >= 0.6 is 0 Å². The van der Waals surface area contributed by atoms with E-state index in [9.17, 15) is 10.2 Å². The Morgan fingerprint density at radius 2 is 1.89 bits per heavy atom. The number of aliphatic hydroxyl groups excluding tert-OH is 2. The first kappa shape index (κ1) is 13.4. The van der Waals surface area contributed by atoms with Crippen molar-refractivity contribution in [3.8, 4) is 0 Å². The average Bonchev–Trinajstić information content (AvgIpc) is 2.36. The Balaban J connectivity index is 1.92. The number of anilines is 1. The third-order valence-corrected chi connectivity index (χ3v) is 3.85. The van der Waals surface area contributed by atoms with Gasteiger partial charge in [0.1, 0.15) is 0 Å². The standard InChI is InChI=1S/C15H23NO2/c1-3-15(18)12-4-6-13(7-5-12)16(2)10-11-8-14(17)9-11/h4-7,11,14-15,17-18H,3,8-10H2,1-2H3/t11?,14?,15-/m0/s1. The smallest absolute Gasteiger partial charge is 0.0787 e. The van der Waals surface area contributed by atoms with Crippen LogP contribution in [0.5, 0.6) is 0 Å². The topological polar surface area (TPSA) is 43.7 Å². The molecule has 1 fully saturated rings. The predicted molar refractivity (Wildman–Crippen MR) is 73.7 cm³/mol. The molecule has 0 radical (unpaired) electrons. The summed E-state index contributed by atoms with van der Waals surface area (Å²) < 4.78 is 0. The Morgan fingerprint density at radius 1 is 1.28 bits per heavy atom. The first-order valence-corrected chi connectivity index (χ1v) is 6.77. The molecule has 0 unspecified atom stereocenters. The molecule has 0 aromatic heterocycles. The van der Waals surface area contributed by atoms with Crippen LogP contribution in [-0.4, -0.2) is 29.9 Å². The molecule has 2 rings (SSSR count). The van der Waals surface area contributed by atoms with Crippen LogP contribution in [0.25, 0.3) is 0 Å². The monoisotopic (exact) mass is 249 g/mol. The van der Waals surface area contributed by atoms with Crippen LogP contribution < -0.4 is 4.90 Å². The van der Waals surface area contributed by atoms with E-state index in [0.29, 0.717) is 5.92 Å². The van der Waals surface area contributed by atoms with E-state index in [1.165, 1.54) is 5.69 Å². The Bertz CT molecular complexity index is 371. The van der Waals surface area contributed by atoms with E-state index in [-0.39, 0.29) is 12.2 Å². The molecule has 2 N–H and O–H groups in total. The molecular weight excluding hydrogens is 226 g/mol. The molecule has 3 heteroatoms. The summed E-state index contributed by atoms with van der Waals surface area (Å²) in [7, 11) is 2.08. The van der Waals surface area contributed by atoms with Crippen LogP contribution in [0.15, 0.2) is 24.3 Å². The van der Waals surface area contributed by atoms with Gasteiger partial charge in [0, 0.05) is 19.3 Å². The van der Waals surface area contributed by atoms with Gasteiger partial charge in [0.05, 0.1) is 12.2 Å². The van der Waals surface area contributed by atoms with Gasteiger partial charge in [-0.1, -0.05) is 19.1 Å². The Kier molecular flexibility index (Phi) is 4.25. The fourth-order valence-corrected chi connectivity index (χ4v) is 2.53. The largest absolute Gasteiger partial charge is 0.393 e. The van der Waals surface area contributed by atoms with Crippen molar-refractivity contribution in [2.75, 3.05) is 18.5 Å². The minimum Gasteiger partial charge on any atom is -0.393 e. The lowest BCUT2D eigenvalue weighted by Crippen LogP contribution is -2.37. The number of hydrogen-bond donors (Lipinski definition) is 2. The molecule has 0 aliphatic heterocycles. The van der Waals surface area contributed by atoms with Crippen LogP contribution in [0.4, 0.5) is 5.69 Å². The summed E-state index contributed by atoms with van der Waals surface area (Å²) in [6.07, 6.45) is 2.17. The Morgan fingerprint density at radius 3 is 2.39 bits per heavy atom. The summed E-state index contributed by atoms with van der Waals surface area (Å²) in [5.74, 6) is 0.617. The molecule has 1 aromatic rings. The molecule has 1 aliphatic rings. The van der Waals surface area contributed by atoms with Crippen molar-refractivity contribution in [1.82, 2.24) is 0 Å². The highest BCUT2D eigenvalue weighted by atomic mass is 16.3. The summed E-state index contributed by atoms with van der Waals surface area (Å²) in [6, 6.07) is 8.11. The van der Waals surface area contributed by atoms with Crippen molar-refractivity contribution in [1.29, 1.82) is 0 Å².